The third-order valence-electron chi connectivity index (χ3n) is 2.70. The van der Waals surface area contributed by atoms with Crippen molar-refractivity contribution in [3.05, 3.63) is 47.2 Å². The van der Waals surface area contributed by atoms with Gasteiger partial charge in [-0.05, 0) is 37.1 Å². The number of hydrogen-bond donors (Lipinski definition) is 1. The molecular weight excluding hydrogens is 212 g/mol. The lowest BCUT2D eigenvalue weighted by molar-refractivity contribution is 1.03. The van der Waals surface area contributed by atoms with Gasteiger partial charge >= 0.3 is 0 Å². The summed E-state index contributed by atoms with van der Waals surface area (Å²) in [6.07, 6.45) is 1.51. The van der Waals surface area contributed by atoms with Crippen LogP contribution in [0.3, 0.4) is 0 Å². The highest BCUT2D eigenvalue weighted by molar-refractivity contribution is 5.65. The average Bonchev–Trinajstić information content (AvgIpc) is 2.35. The van der Waals surface area contributed by atoms with Gasteiger partial charge in [-0.25, -0.2) is 0 Å². The van der Waals surface area contributed by atoms with E-state index in [1.165, 1.54) is 11.8 Å². The molecule has 0 amide bonds. The molecule has 84 valence electrons. The van der Waals surface area contributed by atoms with Crippen LogP contribution in [-0.4, -0.2) is 10.2 Å². The molecule has 0 spiro atoms. The van der Waals surface area contributed by atoms with Crippen molar-refractivity contribution >= 4 is 11.5 Å². The van der Waals surface area contributed by atoms with E-state index in [0.717, 1.165) is 11.3 Å². The van der Waals surface area contributed by atoms with E-state index in [1.54, 1.807) is 6.07 Å². The average molecular weight is 224 g/mol. The predicted molar refractivity (Wildman–Crippen MR) is 65.9 cm³/mol. The molecule has 0 saturated carbocycles. The smallest absolute Gasteiger partial charge is 0.171 e. The molecule has 0 aliphatic carbocycles. The molecule has 2 rings (SSSR count). The predicted octanol–water partition coefficient (Wildman–Crippen LogP) is 2.71. The number of hydrogen-bond acceptors (Lipinski definition) is 4. The van der Waals surface area contributed by atoms with Crippen LogP contribution < -0.4 is 5.32 Å². The Bertz CT molecular complexity index is 584. The second-order valence-electron chi connectivity index (χ2n) is 3.78. The Balaban J connectivity index is 2.39. The lowest BCUT2D eigenvalue weighted by atomic mass is 10.1. The van der Waals surface area contributed by atoms with Crippen molar-refractivity contribution in [2.24, 2.45) is 0 Å². The number of aryl methyl sites for hydroxylation is 1. The molecule has 1 heterocycles. The van der Waals surface area contributed by atoms with Gasteiger partial charge in [-0.15, -0.1) is 5.10 Å². The highest BCUT2D eigenvalue weighted by Crippen LogP contribution is 2.22. The van der Waals surface area contributed by atoms with Gasteiger partial charge in [0.25, 0.3) is 0 Å². The zero-order valence-electron chi connectivity index (χ0n) is 9.73. The summed E-state index contributed by atoms with van der Waals surface area (Å²) in [6, 6.07) is 9.69. The summed E-state index contributed by atoms with van der Waals surface area (Å²) >= 11 is 0. The van der Waals surface area contributed by atoms with E-state index in [2.05, 4.69) is 21.6 Å². The number of nitrogens with zero attached hydrogens (tertiary/aromatic N) is 3. The first-order valence-corrected chi connectivity index (χ1v) is 5.27. The van der Waals surface area contributed by atoms with E-state index in [1.807, 2.05) is 32.0 Å². The van der Waals surface area contributed by atoms with Crippen molar-refractivity contribution in [1.82, 2.24) is 10.2 Å². The lowest BCUT2D eigenvalue weighted by Gasteiger charge is -2.10. The maximum Gasteiger partial charge on any atom is 0.171 e. The number of rotatable bonds is 2. The van der Waals surface area contributed by atoms with Crippen molar-refractivity contribution in [2.75, 3.05) is 5.32 Å². The molecule has 2 aromatic rings. The van der Waals surface area contributed by atoms with Gasteiger partial charge in [-0.2, -0.15) is 10.4 Å². The molecule has 0 bridgehead atoms. The SMILES string of the molecule is Cc1cccc(Nc2nnccc2C#N)c1C. The molecule has 0 aliphatic rings. The van der Waals surface area contributed by atoms with Crippen LogP contribution >= 0.6 is 0 Å². The molecule has 0 aliphatic heterocycles. The van der Waals surface area contributed by atoms with Crippen molar-refractivity contribution in [1.29, 1.82) is 5.26 Å². The first-order valence-electron chi connectivity index (χ1n) is 5.27. The Labute approximate surface area is 99.9 Å². The Morgan fingerprint density at radius 3 is 2.82 bits per heavy atom. The zero-order chi connectivity index (χ0) is 12.3. The molecule has 17 heavy (non-hydrogen) atoms. The van der Waals surface area contributed by atoms with Crippen molar-refractivity contribution in [3.8, 4) is 6.07 Å². The number of nitriles is 1. The van der Waals surface area contributed by atoms with Gasteiger partial charge in [0.15, 0.2) is 5.82 Å². The van der Waals surface area contributed by atoms with Crippen LogP contribution in [-0.2, 0) is 0 Å². The van der Waals surface area contributed by atoms with Crippen LogP contribution in [0.15, 0.2) is 30.5 Å². The maximum atomic E-state index is 8.96. The van der Waals surface area contributed by atoms with E-state index >= 15 is 0 Å². The molecule has 4 nitrogen and oxygen atoms in total. The number of anilines is 2. The van der Waals surface area contributed by atoms with Gasteiger partial charge in [0, 0.05) is 5.69 Å². The molecule has 4 heteroatoms. The summed E-state index contributed by atoms with van der Waals surface area (Å²) in [6.45, 7) is 4.07. The van der Waals surface area contributed by atoms with Gasteiger partial charge in [0.2, 0.25) is 0 Å². The second-order valence-corrected chi connectivity index (χ2v) is 3.78. The third-order valence-corrected chi connectivity index (χ3v) is 2.70. The molecule has 1 N–H and O–H groups in total. The van der Waals surface area contributed by atoms with Gasteiger partial charge in [-0.1, -0.05) is 12.1 Å². The van der Waals surface area contributed by atoms with E-state index in [0.29, 0.717) is 11.4 Å². The Hall–Kier alpha value is -2.41. The van der Waals surface area contributed by atoms with E-state index < -0.39 is 0 Å². The minimum atomic E-state index is 0.487. The summed E-state index contributed by atoms with van der Waals surface area (Å²) in [5.74, 6) is 0.490. The van der Waals surface area contributed by atoms with Crippen LogP contribution in [0.25, 0.3) is 0 Å². The summed E-state index contributed by atoms with van der Waals surface area (Å²) in [5.41, 5.74) is 3.77. The van der Waals surface area contributed by atoms with Gasteiger partial charge < -0.3 is 5.32 Å². The highest BCUT2D eigenvalue weighted by atomic mass is 15.2. The summed E-state index contributed by atoms with van der Waals surface area (Å²) in [7, 11) is 0. The molecule has 1 aromatic carbocycles. The summed E-state index contributed by atoms with van der Waals surface area (Å²) in [4.78, 5) is 0. The third kappa shape index (κ3) is 2.23. The van der Waals surface area contributed by atoms with Crippen molar-refractivity contribution < 1.29 is 0 Å². The van der Waals surface area contributed by atoms with Crippen LogP contribution in [0.1, 0.15) is 16.7 Å². The first-order chi connectivity index (χ1) is 8.22. The molecular formula is C13H12N4. The van der Waals surface area contributed by atoms with Gasteiger partial charge in [-0.3, -0.25) is 0 Å². The second kappa shape index (κ2) is 4.62. The van der Waals surface area contributed by atoms with Gasteiger partial charge in [0.1, 0.15) is 6.07 Å². The molecule has 0 saturated heterocycles. The normalized spacial score (nSPS) is 9.71. The first kappa shape index (κ1) is 11.1. The van der Waals surface area contributed by atoms with Crippen LogP contribution in [0.2, 0.25) is 0 Å². The fourth-order valence-electron chi connectivity index (χ4n) is 1.53. The quantitative estimate of drug-likeness (QED) is 0.851. The largest absolute Gasteiger partial charge is 0.337 e. The molecule has 1 aromatic heterocycles. The Morgan fingerprint density at radius 2 is 2.06 bits per heavy atom. The Morgan fingerprint density at radius 1 is 1.24 bits per heavy atom. The molecule has 0 radical (unpaired) electrons. The topological polar surface area (TPSA) is 61.6 Å². The Kier molecular flexibility index (Phi) is 3.01. The van der Waals surface area contributed by atoms with Crippen molar-refractivity contribution in [3.63, 3.8) is 0 Å². The van der Waals surface area contributed by atoms with E-state index in [-0.39, 0.29) is 0 Å². The molecule has 0 unspecified atom stereocenters. The van der Waals surface area contributed by atoms with E-state index in [9.17, 15) is 0 Å². The standard InChI is InChI=1S/C13H12N4/c1-9-4-3-5-12(10(9)2)16-13-11(8-14)6-7-15-17-13/h3-7H,1-2H3,(H,16,17). The number of benzene rings is 1. The summed E-state index contributed by atoms with van der Waals surface area (Å²) < 4.78 is 0. The fourth-order valence-corrected chi connectivity index (χ4v) is 1.53. The fraction of sp³-hybridized carbons (Fsp3) is 0.154. The zero-order valence-corrected chi connectivity index (χ0v) is 9.73. The highest BCUT2D eigenvalue weighted by Gasteiger charge is 2.06. The van der Waals surface area contributed by atoms with Crippen LogP contribution in [0, 0.1) is 25.2 Å². The van der Waals surface area contributed by atoms with E-state index in [4.69, 9.17) is 5.26 Å². The minimum absolute atomic E-state index is 0.487. The lowest BCUT2D eigenvalue weighted by Crippen LogP contribution is -2.00. The molecule has 0 fully saturated rings. The summed E-state index contributed by atoms with van der Waals surface area (Å²) in [5, 5.41) is 19.8. The maximum absolute atomic E-state index is 8.96. The van der Waals surface area contributed by atoms with Crippen LogP contribution in [0.4, 0.5) is 11.5 Å². The number of nitrogens with one attached hydrogen (secondary N) is 1. The van der Waals surface area contributed by atoms with Gasteiger partial charge in [0.05, 0.1) is 11.8 Å². The monoisotopic (exact) mass is 224 g/mol. The molecule has 0 atom stereocenters. The minimum Gasteiger partial charge on any atom is -0.337 e. The van der Waals surface area contributed by atoms with Crippen molar-refractivity contribution in [2.45, 2.75) is 13.8 Å². The number of aromatic nitrogens is 2. The van der Waals surface area contributed by atoms with Crippen LogP contribution in [0.5, 0.6) is 0 Å².